The summed E-state index contributed by atoms with van der Waals surface area (Å²) in [6.45, 7) is 3.74. The first-order valence-electron chi connectivity index (χ1n) is 5.96. The first-order valence-corrected chi connectivity index (χ1v) is 9.32. The zero-order chi connectivity index (χ0) is 15.6. The van der Waals surface area contributed by atoms with E-state index in [1.54, 1.807) is 0 Å². The molecule has 0 aliphatic heterocycles. The van der Waals surface area contributed by atoms with Crippen LogP contribution < -0.4 is 4.72 Å². The average molecular weight is 407 g/mol. The van der Waals surface area contributed by atoms with Crippen molar-refractivity contribution in [1.82, 2.24) is 4.72 Å². The van der Waals surface area contributed by atoms with Gasteiger partial charge in [0.2, 0.25) is 10.0 Å². The third-order valence-electron chi connectivity index (χ3n) is 3.25. The van der Waals surface area contributed by atoms with Crippen molar-refractivity contribution in [3.63, 3.8) is 0 Å². The lowest BCUT2D eigenvalue weighted by molar-refractivity contribution is 0.398. The van der Waals surface area contributed by atoms with Gasteiger partial charge in [-0.1, -0.05) is 53.0 Å². The first kappa shape index (κ1) is 18.2. The van der Waals surface area contributed by atoms with Crippen LogP contribution in [0.15, 0.2) is 17.0 Å². The standard InChI is InChI=1S/C12H15BrCl2FNO2S/c1-3-12(4-2,7-13)17-20(18,19)9-6-5-8(14)11(16)10(9)15/h5-6,17H,3-4,7H2,1-2H3. The monoisotopic (exact) mass is 405 g/mol. The van der Waals surface area contributed by atoms with Crippen LogP contribution in [0.2, 0.25) is 10.0 Å². The van der Waals surface area contributed by atoms with Gasteiger partial charge in [0.1, 0.15) is 4.90 Å². The molecule has 0 radical (unpaired) electrons. The molecule has 1 aromatic carbocycles. The van der Waals surface area contributed by atoms with E-state index in [1.165, 1.54) is 12.1 Å². The summed E-state index contributed by atoms with van der Waals surface area (Å²) in [5, 5.41) is -0.271. The molecule has 114 valence electrons. The molecule has 0 spiro atoms. The SMILES string of the molecule is CCC(CC)(CBr)NS(=O)(=O)c1ccc(Cl)c(F)c1Cl. The van der Waals surface area contributed by atoms with E-state index in [2.05, 4.69) is 20.7 Å². The average Bonchev–Trinajstić information content (AvgIpc) is 2.42. The first-order chi connectivity index (χ1) is 9.23. The van der Waals surface area contributed by atoms with Crippen LogP contribution in [0, 0.1) is 5.82 Å². The summed E-state index contributed by atoms with van der Waals surface area (Å²) in [5.41, 5.74) is -0.641. The number of benzene rings is 1. The molecule has 0 saturated heterocycles. The highest BCUT2D eigenvalue weighted by Gasteiger charge is 2.32. The number of alkyl halides is 1. The van der Waals surface area contributed by atoms with Gasteiger partial charge in [0.25, 0.3) is 0 Å². The second-order valence-electron chi connectivity index (χ2n) is 4.40. The van der Waals surface area contributed by atoms with Crippen molar-refractivity contribution in [2.75, 3.05) is 5.33 Å². The highest BCUT2D eigenvalue weighted by molar-refractivity contribution is 9.09. The van der Waals surface area contributed by atoms with Crippen molar-refractivity contribution in [2.24, 2.45) is 0 Å². The number of halogens is 4. The summed E-state index contributed by atoms with van der Waals surface area (Å²) in [6, 6.07) is 2.37. The van der Waals surface area contributed by atoms with Crippen molar-refractivity contribution in [2.45, 2.75) is 37.1 Å². The molecule has 1 N–H and O–H groups in total. The number of hydrogen-bond acceptors (Lipinski definition) is 2. The Morgan fingerprint density at radius 2 is 1.85 bits per heavy atom. The molecular weight excluding hydrogens is 392 g/mol. The van der Waals surface area contributed by atoms with Gasteiger partial charge in [0.15, 0.2) is 5.82 Å². The molecule has 1 aromatic rings. The Morgan fingerprint density at radius 3 is 2.30 bits per heavy atom. The van der Waals surface area contributed by atoms with Gasteiger partial charge in [0, 0.05) is 10.9 Å². The van der Waals surface area contributed by atoms with Crippen molar-refractivity contribution >= 4 is 49.2 Å². The van der Waals surface area contributed by atoms with E-state index in [0.29, 0.717) is 18.2 Å². The predicted molar refractivity (Wildman–Crippen MR) is 83.8 cm³/mol. The third kappa shape index (κ3) is 3.65. The molecule has 0 bridgehead atoms. The van der Waals surface area contributed by atoms with E-state index in [4.69, 9.17) is 23.2 Å². The van der Waals surface area contributed by atoms with Crippen LogP contribution in [0.5, 0.6) is 0 Å². The van der Waals surface area contributed by atoms with Crippen LogP contribution in [0.1, 0.15) is 26.7 Å². The number of nitrogens with one attached hydrogen (secondary N) is 1. The van der Waals surface area contributed by atoms with Crippen molar-refractivity contribution in [1.29, 1.82) is 0 Å². The molecule has 0 heterocycles. The normalized spacial score (nSPS) is 12.7. The lowest BCUT2D eigenvalue weighted by Crippen LogP contribution is -2.49. The fourth-order valence-electron chi connectivity index (χ4n) is 1.67. The molecule has 0 aliphatic carbocycles. The Kier molecular flexibility index (Phi) is 6.29. The van der Waals surface area contributed by atoms with E-state index in [-0.39, 0.29) is 9.92 Å². The van der Waals surface area contributed by atoms with Crippen molar-refractivity contribution in [3.05, 3.63) is 28.0 Å². The van der Waals surface area contributed by atoms with E-state index in [9.17, 15) is 12.8 Å². The molecule has 0 fully saturated rings. The summed E-state index contributed by atoms with van der Waals surface area (Å²) < 4.78 is 41.0. The van der Waals surface area contributed by atoms with Gasteiger partial charge in [-0.15, -0.1) is 0 Å². The quantitative estimate of drug-likeness (QED) is 0.563. The topological polar surface area (TPSA) is 46.2 Å². The van der Waals surface area contributed by atoms with E-state index < -0.39 is 26.4 Å². The maximum atomic E-state index is 13.6. The minimum absolute atomic E-state index is 0.216. The van der Waals surface area contributed by atoms with Crippen LogP contribution >= 0.6 is 39.1 Å². The second kappa shape index (κ2) is 6.92. The molecule has 0 amide bonds. The Balaban J connectivity index is 3.28. The predicted octanol–water partition coefficient (Wildman–Crippen LogP) is 4.36. The summed E-state index contributed by atoms with van der Waals surface area (Å²) in [5.74, 6) is -0.936. The summed E-state index contributed by atoms with van der Waals surface area (Å²) in [4.78, 5) is -0.312. The smallest absolute Gasteiger partial charge is 0.207 e. The van der Waals surface area contributed by atoms with E-state index in [0.717, 1.165) is 0 Å². The molecule has 0 aromatic heterocycles. The molecule has 3 nitrogen and oxygen atoms in total. The summed E-state index contributed by atoms with van der Waals surface area (Å²) in [7, 11) is -3.93. The van der Waals surface area contributed by atoms with Crippen LogP contribution in [-0.2, 0) is 10.0 Å². The van der Waals surface area contributed by atoms with Crippen LogP contribution in [0.3, 0.4) is 0 Å². The summed E-state index contributed by atoms with van der Waals surface area (Å²) in [6.07, 6.45) is 1.17. The zero-order valence-corrected chi connectivity index (χ0v) is 14.9. The molecular formula is C12H15BrCl2FNO2S. The van der Waals surface area contributed by atoms with Gasteiger partial charge < -0.3 is 0 Å². The largest absolute Gasteiger partial charge is 0.242 e. The fraction of sp³-hybridized carbons (Fsp3) is 0.500. The van der Waals surface area contributed by atoms with Crippen molar-refractivity contribution < 1.29 is 12.8 Å². The van der Waals surface area contributed by atoms with E-state index >= 15 is 0 Å². The maximum absolute atomic E-state index is 13.6. The number of rotatable bonds is 6. The van der Waals surface area contributed by atoms with Gasteiger partial charge in [0.05, 0.1) is 10.0 Å². The minimum atomic E-state index is -3.93. The fourth-order valence-corrected chi connectivity index (χ4v) is 5.07. The number of sulfonamides is 1. The molecule has 20 heavy (non-hydrogen) atoms. The van der Waals surface area contributed by atoms with Crippen LogP contribution in [0.25, 0.3) is 0 Å². The lowest BCUT2D eigenvalue weighted by Gasteiger charge is -2.30. The molecule has 0 atom stereocenters. The van der Waals surface area contributed by atoms with Gasteiger partial charge in [-0.05, 0) is 25.0 Å². The minimum Gasteiger partial charge on any atom is -0.207 e. The Bertz CT molecular complexity index is 583. The Labute approximate surface area is 137 Å². The van der Waals surface area contributed by atoms with Crippen LogP contribution in [0.4, 0.5) is 4.39 Å². The van der Waals surface area contributed by atoms with Crippen molar-refractivity contribution in [3.8, 4) is 0 Å². The molecule has 1 rings (SSSR count). The Hall–Kier alpha value is 0.120. The molecule has 8 heteroatoms. The van der Waals surface area contributed by atoms with Gasteiger partial charge in [-0.2, -0.15) is 0 Å². The zero-order valence-electron chi connectivity index (χ0n) is 11.0. The van der Waals surface area contributed by atoms with Gasteiger partial charge in [-0.3, -0.25) is 0 Å². The lowest BCUT2D eigenvalue weighted by atomic mass is 9.97. The third-order valence-corrected chi connectivity index (χ3v) is 6.72. The molecule has 0 unspecified atom stereocenters. The van der Waals surface area contributed by atoms with Gasteiger partial charge >= 0.3 is 0 Å². The molecule has 0 saturated carbocycles. The summed E-state index contributed by atoms with van der Waals surface area (Å²) >= 11 is 14.6. The Morgan fingerprint density at radius 1 is 1.30 bits per heavy atom. The highest BCUT2D eigenvalue weighted by atomic mass is 79.9. The van der Waals surface area contributed by atoms with Crippen LogP contribution in [-0.4, -0.2) is 19.3 Å². The number of hydrogen-bond donors (Lipinski definition) is 1. The molecule has 0 aliphatic rings. The van der Waals surface area contributed by atoms with Gasteiger partial charge in [-0.25, -0.2) is 17.5 Å². The highest BCUT2D eigenvalue weighted by Crippen LogP contribution is 2.31. The van der Waals surface area contributed by atoms with E-state index in [1.807, 2.05) is 13.8 Å². The maximum Gasteiger partial charge on any atom is 0.242 e. The second-order valence-corrected chi connectivity index (χ2v) is 7.40.